The molecule has 2 aliphatic heterocycles. The smallest absolute Gasteiger partial charge is 0.185 e. The maximum absolute atomic E-state index is 14.8. The number of carbonyl (C=O) groups is 3. The number of rotatable bonds is 5. The highest BCUT2D eigenvalue weighted by Gasteiger charge is 2.72. The second-order valence-electron chi connectivity index (χ2n) is 10.9. The Balaban J connectivity index is 1.58. The van der Waals surface area contributed by atoms with Gasteiger partial charge in [0.25, 0.3) is 0 Å². The van der Waals surface area contributed by atoms with Gasteiger partial charge in [-0.05, 0) is 60.7 Å². The molecule has 0 saturated carbocycles. The summed E-state index contributed by atoms with van der Waals surface area (Å²) in [4.78, 5) is 46.2. The van der Waals surface area contributed by atoms with Crippen LogP contribution in [0.25, 0.3) is 6.08 Å². The van der Waals surface area contributed by atoms with Crippen molar-refractivity contribution in [1.82, 2.24) is 0 Å². The van der Waals surface area contributed by atoms with Crippen molar-refractivity contribution < 1.29 is 28.2 Å². The molecule has 3 aliphatic rings. The number of halogens is 2. The molecule has 0 N–H and O–H groups in total. The lowest BCUT2D eigenvalue weighted by atomic mass is 9.64. The lowest BCUT2D eigenvalue weighted by molar-refractivity contribution is 0.0664. The van der Waals surface area contributed by atoms with Crippen LogP contribution >= 0.6 is 11.6 Å². The van der Waals surface area contributed by atoms with E-state index in [0.29, 0.717) is 50.0 Å². The van der Waals surface area contributed by atoms with E-state index in [1.54, 1.807) is 84.9 Å². The quantitative estimate of drug-likeness (QED) is 0.187. The van der Waals surface area contributed by atoms with Gasteiger partial charge in [0.15, 0.2) is 17.3 Å². The average molecular weight is 594 g/mol. The van der Waals surface area contributed by atoms with Crippen LogP contribution in [0.4, 0.5) is 10.1 Å². The SMILES string of the molecule is COc1ccc(OC)c([C@@H]2[C@@H](C(=O)c3ccc(Cl)cc3)N3c4ccc(F)cc4C=C[C@@H]3C23C(=O)c2ccccc2C3=O)c1. The number of ether oxygens (including phenoxy) is 2. The summed E-state index contributed by atoms with van der Waals surface area (Å²) in [5, 5.41) is 0.460. The number of Topliss-reactive ketones (excluding diaryl/α,β-unsaturated/α-hetero) is 3. The molecule has 7 rings (SSSR count). The fourth-order valence-electron chi connectivity index (χ4n) is 7.16. The van der Waals surface area contributed by atoms with E-state index in [0.717, 1.165) is 0 Å². The van der Waals surface area contributed by atoms with E-state index in [-0.39, 0.29) is 17.3 Å². The number of carbonyl (C=O) groups excluding carboxylic acids is 3. The molecule has 4 aromatic carbocycles. The second-order valence-corrected chi connectivity index (χ2v) is 11.3. The van der Waals surface area contributed by atoms with Crippen LogP contribution in [0, 0.1) is 11.2 Å². The first-order valence-corrected chi connectivity index (χ1v) is 14.2. The third-order valence-corrected chi connectivity index (χ3v) is 9.19. The predicted molar refractivity (Wildman–Crippen MR) is 161 cm³/mol. The van der Waals surface area contributed by atoms with Crippen LogP contribution in [0.1, 0.15) is 48.1 Å². The highest BCUT2D eigenvalue weighted by Crippen LogP contribution is 2.62. The molecule has 0 amide bonds. The van der Waals surface area contributed by atoms with E-state index in [2.05, 4.69) is 0 Å². The number of benzene rings is 4. The van der Waals surface area contributed by atoms with Gasteiger partial charge in [0.05, 0.1) is 20.3 Å². The van der Waals surface area contributed by atoms with Crippen LogP contribution in [-0.4, -0.2) is 43.7 Å². The summed E-state index contributed by atoms with van der Waals surface area (Å²) in [7, 11) is 3.02. The Bertz CT molecular complexity index is 1830. The topological polar surface area (TPSA) is 72.9 Å². The van der Waals surface area contributed by atoms with E-state index in [4.69, 9.17) is 21.1 Å². The van der Waals surface area contributed by atoms with Gasteiger partial charge in [-0.25, -0.2) is 4.39 Å². The maximum Gasteiger partial charge on any atom is 0.185 e. The van der Waals surface area contributed by atoms with Crippen LogP contribution in [-0.2, 0) is 0 Å². The molecule has 1 spiro atoms. The Kier molecular flexibility index (Phi) is 6.25. The van der Waals surface area contributed by atoms with E-state index < -0.39 is 29.2 Å². The van der Waals surface area contributed by atoms with Gasteiger partial charge in [-0.1, -0.05) is 48.0 Å². The van der Waals surface area contributed by atoms with Gasteiger partial charge < -0.3 is 14.4 Å². The summed E-state index contributed by atoms with van der Waals surface area (Å²) in [6.07, 6.45) is 3.47. The summed E-state index contributed by atoms with van der Waals surface area (Å²) in [5.41, 5.74) is 0.782. The Morgan fingerprint density at radius 3 is 2.23 bits per heavy atom. The fourth-order valence-corrected chi connectivity index (χ4v) is 7.28. The minimum atomic E-state index is -1.74. The average Bonchev–Trinajstić information content (AvgIpc) is 3.46. The van der Waals surface area contributed by atoms with Crippen molar-refractivity contribution in [3.63, 3.8) is 0 Å². The van der Waals surface area contributed by atoms with E-state index >= 15 is 0 Å². The highest BCUT2D eigenvalue weighted by atomic mass is 35.5. The van der Waals surface area contributed by atoms with Crippen molar-refractivity contribution in [3.05, 3.63) is 130 Å². The van der Waals surface area contributed by atoms with E-state index in [1.165, 1.54) is 26.4 Å². The van der Waals surface area contributed by atoms with Crippen LogP contribution in [0.2, 0.25) is 5.02 Å². The molecule has 4 aromatic rings. The van der Waals surface area contributed by atoms with Crippen molar-refractivity contribution in [3.8, 4) is 11.5 Å². The van der Waals surface area contributed by atoms with Crippen LogP contribution in [0.15, 0.2) is 91.0 Å². The number of anilines is 1. The first-order valence-electron chi connectivity index (χ1n) is 13.8. The molecule has 1 aliphatic carbocycles. The van der Waals surface area contributed by atoms with E-state index in [1.807, 2.05) is 4.90 Å². The van der Waals surface area contributed by atoms with Crippen molar-refractivity contribution in [2.75, 3.05) is 19.1 Å². The standard InChI is InChI=1S/C35H25ClFNO5/c1-42-23-13-15-28(43-2)26(18-23)30-31(32(39)19-7-10-21(36)11-8-19)38-27-14-12-22(37)17-20(27)9-16-29(38)35(30)33(40)24-5-3-4-6-25(24)34(35)41/h3-18,29-31H,1-2H3/t29-,30-,31+/m1/s1. The normalized spacial score (nSPS) is 21.0. The van der Waals surface area contributed by atoms with Crippen molar-refractivity contribution >= 4 is 40.7 Å². The molecule has 43 heavy (non-hydrogen) atoms. The van der Waals surface area contributed by atoms with Crippen LogP contribution < -0.4 is 14.4 Å². The third kappa shape index (κ3) is 3.74. The number of nitrogens with zero attached hydrogens (tertiary/aromatic N) is 1. The molecule has 0 unspecified atom stereocenters. The third-order valence-electron chi connectivity index (χ3n) is 8.94. The number of ketones is 3. The van der Waals surface area contributed by atoms with Gasteiger partial charge >= 0.3 is 0 Å². The Morgan fingerprint density at radius 2 is 1.58 bits per heavy atom. The molecule has 0 bridgehead atoms. The minimum Gasteiger partial charge on any atom is -0.497 e. The molecule has 1 saturated heterocycles. The van der Waals surface area contributed by atoms with Crippen LogP contribution in [0.5, 0.6) is 11.5 Å². The zero-order chi connectivity index (χ0) is 30.0. The number of hydrogen-bond donors (Lipinski definition) is 0. The molecule has 6 nitrogen and oxygen atoms in total. The summed E-state index contributed by atoms with van der Waals surface area (Å²) in [6.45, 7) is 0. The summed E-state index contributed by atoms with van der Waals surface area (Å²) < 4.78 is 25.8. The summed E-state index contributed by atoms with van der Waals surface area (Å²) in [5.74, 6) is -1.66. The monoisotopic (exact) mass is 593 g/mol. The minimum absolute atomic E-state index is 0.303. The zero-order valence-electron chi connectivity index (χ0n) is 23.2. The largest absolute Gasteiger partial charge is 0.497 e. The van der Waals surface area contributed by atoms with Gasteiger partial charge in [-0.2, -0.15) is 0 Å². The molecule has 0 aromatic heterocycles. The molecular formula is C35H25ClFNO5. The lowest BCUT2D eigenvalue weighted by Crippen LogP contribution is -2.48. The molecule has 3 atom stereocenters. The Labute approximate surface area is 252 Å². The summed E-state index contributed by atoms with van der Waals surface area (Å²) in [6, 6.07) is 20.8. The van der Waals surface area contributed by atoms with Gasteiger partial charge in [-0.15, -0.1) is 0 Å². The lowest BCUT2D eigenvalue weighted by Gasteiger charge is -2.37. The van der Waals surface area contributed by atoms with Gasteiger partial charge in [0, 0.05) is 44.4 Å². The second kappa shape index (κ2) is 9.92. The van der Waals surface area contributed by atoms with Crippen molar-refractivity contribution in [2.24, 2.45) is 5.41 Å². The van der Waals surface area contributed by atoms with Gasteiger partial charge in [0.2, 0.25) is 0 Å². The first kappa shape index (κ1) is 27.1. The Morgan fingerprint density at radius 1 is 0.884 bits per heavy atom. The highest BCUT2D eigenvalue weighted by molar-refractivity contribution is 6.32. The summed E-state index contributed by atoms with van der Waals surface area (Å²) >= 11 is 6.17. The van der Waals surface area contributed by atoms with Gasteiger partial charge in [0.1, 0.15) is 28.8 Å². The Hall–Kier alpha value is -4.75. The molecule has 214 valence electrons. The molecule has 0 radical (unpaired) electrons. The molecule has 1 fully saturated rings. The zero-order valence-corrected chi connectivity index (χ0v) is 24.0. The maximum atomic E-state index is 14.8. The number of hydrogen-bond acceptors (Lipinski definition) is 6. The fraction of sp³-hybridized carbons (Fsp3) is 0.171. The van der Waals surface area contributed by atoms with Crippen molar-refractivity contribution in [1.29, 1.82) is 0 Å². The molecule has 8 heteroatoms. The van der Waals surface area contributed by atoms with Crippen LogP contribution in [0.3, 0.4) is 0 Å². The van der Waals surface area contributed by atoms with E-state index in [9.17, 15) is 18.8 Å². The number of fused-ring (bicyclic) bond motifs is 5. The predicted octanol–water partition coefficient (Wildman–Crippen LogP) is 6.81. The van der Waals surface area contributed by atoms with Gasteiger partial charge in [-0.3, -0.25) is 14.4 Å². The van der Waals surface area contributed by atoms with Crippen molar-refractivity contribution in [2.45, 2.75) is 18.0 Å². The first-order chi connectivity index (χ1) is 20.8. The number of methoxy groups -OCH3 is 2. The molecule has 2 heterocycles. The molecular weight excluding hydrogens is 569 g/mol.